The van der Waals surface area contributed by atoms with Gasteiger partial charge in [-0.25, -0.2) is 4.79 Å². The Bertz CT molecular complexity index is 632. The van der Waals surface area contributed by atoms with Gasteiger partial charge in [-0.3, -0.25) is 4.79 Å². The first kappa shape index (κ1) is 14.6. The van der Waals surface area contributed by atoms with Gasteiger partial charge in [-0.2, -0.15) is 0 Å². The largest absolute Gasteiger partial charge is 0.482 e. The van der Waals surface area contributed by atoms with E-state index in [1.54, 1.807) is 36.4 Å². The summed E-state index contributed by atoms with van der Waals surface area (Å²) >= 11 is 0. The number of carboxylic acid groups (broad SMARTS) is 1. The van der Waals surface area contributed by atoms with E-state index in [1.807, 2.05) is 19.1 Å². The summed E-state index contributed by atoms with van der Waals surface area (Å²) in [5.74, 6) is -0.799. The standard InChI is InChI=1S/C16H15NO4/c1-11-2-4-12(5-3-11)16(20)17-13-6-8-14(9-7-13)21-10-15(18)19/h2-9H,10H2,1H3,(H,17,20)(H,18,19). The van der Waals surface area contributed by atoms with Gasteiger partial charge in [0.15, 0.2) is 6.61 Å². The van der Waals surface area contributed by atoms with Gasteiger partial charge in [-0.1, -0.05) is 17.7 Å². The van der Waals surface area contributed by atoms with Crippen molar-refractivity contribution in [2.75, 3.05) is 11.9 Å². The fraction of sp³-hybridized carbons (Fsp3) is 0.125. The molecule has 5 nitrogen and oxygen atoms in total. The predicted molar refractivity (Wildman–Crippen MR) is 78.7 cm³/mol. The number of carbonyl (C=O) groups is 2. The van der Waals surface area contributed by atoms with E-state index in [0.717, 1.165) is 5.56 Å². The third-order valence-electron chi connectivity index (χ3n) is 2.79. The number of hydrogen-bond acceptors (Lipinski definition) is 3. The number of rotatable bonds is 5. The van der Waals surface area contributed by atoms with Crippen LogP contribution in [-0.4, -0.2) is 23.6 Å². The molecule has 1 amide bonds. The average Bonchev–Trinajstić information content (AvgIpc) is 2.47. The molecule has 0 saturated heterocycles. The van der Waals surface area contributed by atoms with Gasteiger partial charge in [0.25, 0.3) is 5.91 Å². The van der Waals surface area contributed by atoms with Crippen LogP contribution in [0.3, 0.4) is 0 Å². The number of nitrogens with one attached hydrogen (secondary N) is 1. The maximum Gasteiger partial charge on any atom is 0.341 e. The second kappa shape index (κ2) is 6.56. The molecule has 2 aromatic carbocycles. The van der Waals surface area contributed by atoms with E-state index in [4.69, 9.17) is 9.84 Å². The molecule has 0 spiro atoms. The summed E-state index contributed by atoms with van der Waals surface area (Å²) in [7, 11) is 0. The zero-order valence-electron chi connectivity index (χ0n) is 11.5. The smallest absolute Gasteiger partial charge is 0.341 e. The Morgan fingerprint density at radius 2 is 1.67 bits per heavy atom. The van der Waals surface area contributed by atoms with Crippen molar-refractivity contribution < 1.29 is 19.4 Å². The Hall–Kier alpha value is -2.82. The summed E-state index contributed by atoms with van der Waals surface area (Å²) < 4.78 is 5.01. The summed E-state index contributed by atoms with van der Waals surface area (Å²) in [4.78, 5) is 22.4. The average molecular weight is 285 g/mol. The van der Waals surface area contributed by atoms with E-state index >= 15 is 0 Å². The van der Waals surface area contributed by atoms with E-state index in [0.29, 0.717) is 17.0 Å². The lowest BCUT2D eigenvalue weighted by atomic mass is 10.1. The molecule has 2 aromatic rings. The number of anilines is 1. The molecule has 0 saturated carbocycles. The van der Waals surface area contributed by atoms with Crippen molar-refractivity contribution >= 4 is 17.6 Å². The molecule has 0 aliphatic heterocycles. The van der Waals surface area contributed by atoms with E-state index in [9.17, 15) is 9.59 Å². The minimum absolute atomic E-state index is 0.200. The number of carboxylic acids is 1. The van der Waals surface area contributed by atoms with Crippen LogP contribution in [0.2, 0.25) is 0 Å². The third-order valence-corrected chi connectivity index (χ3v) is 2.79. The monoisotopic (exact) mass is 285 g/mol. The van der Waals surface area contributed by atoms with Crippen LogP contribution in [-0.2, 0) is 4.79 Å². The Labute approximate surface area is 122 Å². The molecule has 0 unspecified atom stereocenters. The number of hydrogen-bond donors (Lipinski definition) is 2. The predicted octanol–water partition coefficient (Wildman–Crippen LogP) is 2.71. The second-order valence-corrected chi connectivity index (χ2v) is 4.53. The van der Waals surface area contributed by atoms with Crippen molar-refractivity contribution in [2.45, 2.75) is 6.92 Å². The lowest BCUT2D eigenvalue weighted by molar-refractivity contribution is -0.139. The van der Waals surface area contributed by atoms with Gasteiger partial charge in [0.05, 0.1) is 0 Å². The van der Waals surface area contributed by atoms with Gasteiger partial charge >= 0.3 is 5.97 Å². The SMILES string of the molecule is Cc1ccc(C(=O)Nc2ccc(OCC(=O)O)cc2)cc1. The molecule has 0 aliphatic carbocycles. The minimum atomic E-state index is -1.04. The first-order valence-electron chi connectivity index (χ1n) is 6.37. The highest BCUT2D eigenvalue weighted by Crippen LogP contribution is 2.16. The maximum absolute atomic E-state index is 12.0. The first-order chi connectivity index (χ1) is 10.0. The normalized spacial score (nSPS) is 9.95. The van der Waals surface area contributed by atoms with Crippen molar-refractivity contribution in [3.05, 3.63) is 59.7 Å². The third kappa shape index (κ3) is 4.35. The van der Waals surface area contributed by atoms with Crippen LogP contribution in [0.5, 0.6) is 5.75 Å². The molecule has 21 heavy (non-hydrogen) atoms. The van der Waals surface area contributed by atoms with E-state index < -0.39 is 12.6 Å². The van der Waals surface area contributed by atoms with Gasteiger partial charge in [0, 0.05) is 11.3 Å². The molecule has 0 heterocycles. The summed E-state index contributed by atoms with van der Waals surface area (Å²) in [6.07, 6.45) is 0. The molecule has 0 atom stereocenters. The van der Waals surface area contributed by atoms with Crippen LogP contribution in [0.25, 0.3) is 0 Å². The first-order valence-corrected chi connectivity index (χ1v) is 6.37. The zero-order chi connectivity index (χ0) is 15.2. The Morgan fingerprint density at radius 1 is 1.05 bits per heavy atom. The molecule has 0 bridgehead atoms. The molecule has 0 fully saturated rings. The fourth-order valence-electron chi connectivity index (χ4n) is 1.69. The summed E-state index contributed by atoms with van der Waals surface area (Å²) in [5.41, 5.74) is 2.28. The summed E-state index contributed by atoms with van der Waals surface area (Å²) in [6.45, 7) is 1.56. The van der Waals surface area contributed by atoms with Crippen LogP contribution in [0, 0.1) is 6.92 Å². The maximum atomic E-state index is 12.0. The van der Waals surface area contributed by atoms with Crippen molar-refractivity contribution in [1.29, 1.82) is 0 Å². The highest BCUT2D eigenvalue weighted by Gasteiger charge is 2.06. The van der Waals surface area contributed by atoms with Crippen molar-refractivity contribution in [3.63, 3.8) is 0 Å². The van der Waals surface area contributed by atoms with Gasteiger partial charge in [0.2, 0.25) is 0 Å². The topological polar surface area (TPSA) is 75.6 Å². The van der Waals surface area contributed by atoms with E-state index in [-0.39, 0.29) is 5.91 Å². The molecular weight excluding hydrogens is 270 g/mol. The fourth-order valence-corrected chi connectivity index (χ4v) is 1.69. The van der Waals surface area contributed by atoms with Gasteiger partial charge in [-0.05, 0) is 43.3 Å². The van der Waals surface area contributed by atoms with E-state index in [1.165, 1.54) is 0 Å². The summed E-state index contributed by atoms with van der Waals surface area (Å²) in [5, 5.41) is 11.3. The highest BCUT2D eigenvalue weighted by atomic mass is 16.5. The molecule has 2 rings (SSSR count). The van der Waals surface area contributed by atoms with Gasteiger partial charge in [0.1, 0.15) is 5.75 Å². The summed E-state index contributed by atoms with van der Waals surface area (Å²) in [6, 6.07) is 13.8. The van der Waals surface area contributed by atoms with Crippen molar-refractivity contribution in [3.8, 4) is 5.75 Å². The number of benzene rings is 2. The highest BCUT2D eigenvalue weighted by molar-refractivity contribution is 6.04. The molecule has 0 radical (unpaired) electrons. The van der Waals surface area contributed by atoms with Crippen molar-refractivity contribution in [2.24, 2.45) is 0 Å². The van der Waals surface area contributed by atoms with Crippen LogP contribution in [0.15, 0.2) is 48.5 Å². The lowest BCUT2D eigenvalue weighted by Crippen LogP contribution is -2.12. The second-order valence-electron chi connectivity index (χ2n) is 4.53. The minimum Gasteiger partial charge on any atom is -0.482 e. The van der Waals surface area contributed by atoms with Crippen LogP contribution in [0.4, 0.5) is 5.69 Å². The molecular formula is C16H15NO4. The number of ether oxygens (including phenoxy) is 1. The Kier molecular flexibility index (Phi) is 4.56. The lowest BCUT2D eigenvalue weighted by Gasteiger charge is -2.07. The van der Waals surface area contributed by atoms with Crippen molar-refractivity contribution in [1.82, 2.24) is 0 Å². The van der Waals surface area contributed by atoms with Crippen LogP contribution < -0.4 is 10.1 Å². The van der Waals surface area contributed by atoms with E-state index in [2.05, 4.69) is 5.32 Å². The number of aryl methyl sites for hydroxylation is 1. The van der Waals surface area contributed by atoms with Crippen LogP contribution in [0.1, 0.15) is 15.9 Å². The Balaban J connectivity index is 1.98. The van der Waals surface area contributed by atoms with Crippen LogP contribution >= 0.6 is 0 Å². The number of aliphatic carboxylic acids is 1. The zero-order valence-corrected chi connectivity index (χ0v) is 11.5. The van der Waals surface area contributed by atoms with Gasteiger partial charge in [-0.15, -0.1) is 0 Å². The van der Waals surface area contributed by atoms with Gasteiger partial charge < -0.3 is 15.2 Å². The molecule has 0 aliphatic rings. The quantitative estimate of drug-likeness (QED) is 0.885. The number of amides is 1. The molecule has 5 heteroatoms. The molecule has 2 N–H and O–H groups in total. The molecule has 0 aromatic heterocycles. The number of carbonyl (C=O) groups excluding carboxylic acids is 1. The molecule has 108 valence electrons. The Morgan fingerprint density at radius 3 is 2.24 bits per heavy atom.